The highest BCUT2D eigenvalue weighted by molar-refractivity contribution is 5.28. The summed E-state index contributed by atoms with van der Waals surface area (Å²) in [6.07, 6.45) is 2.87. The van der Waals surface area contributed by atoms with Crippen LogP contribution in [-0.2, 0) is 11.2 Å². The highest BCUT2D eigenvalue weighted by atomic mass is 16.5. The van der Waals surface area contributed by atoms with E-state index in [2.05, 4.69) is 50.5 Å². The van der Waals surface area contributed by atoms with Crippen LogP contribution in [0.15, 0.2) is 24.3 Å². The molecule has 1 rings (SSSR count). The van der Waals surface area contributed by atoms with Crippen molar-refractivity contribution < 1.29 is 4.74 Å². The first-order valence-electron chi connectivity index (χ1n) is 6.77. The largest absolute Gasteiger partial charge is 0.376 e. The number of hydrazine groups is 1. The van der Waals surface area contributed by atoms with E-state index in [1.54, 1.807) is 7.11 Å². The molecule has 0 aromatic heterocycles. The maximum atomic E-state index is 5.78. The van der Waals surface area contributed by atoms with Crippen LogP contribution in [0.4, 0.5) is 0 Å². The minimum absolute atomic E-state index is 0.0176. The third-order valence-corrected chi connectivity index (χ3v) is 3.99. The highest BCUT2D eigenvalue weighted by Crippen LogP contribution is 2.34. The summed E-state index contributed by atoms with van der Waals surface area (Å²) in [5.41, 5.74) is 5.21. The monoisotopic (exact) mass is 250 g/mol. The molecule has 1 aromatic rings. The smallest absolute Gasteiger partial charge is 0.0880 e. The lowest BCUT2D eigenvalue weighted by atomic mass is 9.83. The molecule has 0 radical (unpaired) electrons. The van der Waals surface area contributed by atoms with Gasteiger partial charge in [-0.25, -0.2) is 0 Å². The van der Waals surface area contributed by atoms with E-state index in [-0.39, 0.29) is 11.6 Å². The first-order chi connectivity index (χ1) is 8.67. The zero-order chi connectivity index (χ0) is 13.6. The Hall–Kier alpha value is -0.900. The summed E-state index contributed by atoms with van der Waals surface area (Å²) in [4.78, 5) is 0. The van der Waals surface area contributed by atoms with Gasteiger partial charge in [0.15, 0.2) is 0 Å². The number of methoxy groups -OCH3 is 1. The minimum Gasteiger partial charge on any atom is -0.376 e. The summed E-state index contributed by atoms with van der Waals surface area (Å²) >= 11 is 0. The van der Waals surface area contributed by atoms with E-state index < -0.39 is 0 Å². The highest BCUT2D eigenvalue weighted by Gasteiger charge is 2.36. The molecule has 0 bridgehead atoms. The van der Waals surface area contributed by atoms with Gasteiger partial charge in [0.2, 0.25) is 0 Å². The molecular formula is C15H26N2O. The summed E-state index contributed by atoms with van der Waals surface area (Å²) < 4.78 is 5.77. The van der Waals surface area contributed by atoms with Gasteiger partial charge in [-0.05, 0) is 30.4 Å². The predicted octanol–water partition coefficient (Wildman–Crippen LogP) is 2.96. The molecule has 0 aliphatic carbocycles. The van der Waals surface area contributed by atoms with Crippen molar-refractivity contribution in [1.29, 1.82) is 0 Å². The molecule has 0 amide bonds. The van der Waals surface area contributed by atoms with Crippen LogP contribution in [0.25, 0.3) is 0 Å². The number of hydrogen-bond acceptors (Lipinski definition) is 3. The summed E-state index contributed by atoms with van der Waals surface area (Å²) in [6, 6.07) is 8.57. The van der Waals surface area contributed by atoms with E-state index >= 15 is 0 Å². The van der Waals surface area contributed by atoms with E-state index in [1.165, 1.54) is 11.1 Å². The zero-order valence-electron chi connectivity index (χ0n) is 12.0. The Balaban J connectivity index is 3.14. The summed E-state index contributed by atoms with van der Waals surface area (Å²) in [5.74, 6) is 5.78. The number of hydrogen-bond donors (Lipinski definition) is 2. The van der Waals surface area contributed by atoms with Gasteiger partial charge in [-0.1, -0.05) is 45.0 Å². The molecule has 102 valence electrons. The van der Waals surface area contributed by atoms with Crippen molar-refractivity contribution in [2.75, 3.05) is 7.11 Å². The second-order valence-corrected chi connectivity index (χ2v) is 4.67. The maximum Gasteiger partial charge on any atom is 0.0880 e. The average molecular weight is 250 g/mol. The van der Waals surface area contributed by atoms with E-state index in [1.807, 2.05) is 0 Å². The molecule has 0 spiro atoms. The van der Waals surface area contributed by atoms with Crippen molar-refractivity contribution in [2.45, 2.75) is 51.7 Å². The van der Waals surface area contributed by atoms with Crippen molar-refractivity contribution in [2.24, 2.45) is 5.84 Å². The van der Waals surface area contributed by atoms with Gasteiger partial charge < -0.3 is 4.74 Å². The molecule has 18 heavy (non-hydrogen) atoms. The van der Waals surface area contributed by atoms with Crippen LogP contribution in [0.5, 0.6) is 0 Å². The normalized spacial score (nSPS) is 13.6. The van der Waals surface area contributed by atoms with Gasteiger partial charge in [-0.3, -0.25) is 11.3 Å². The van der Waals surface area contributed by atoms with E-state index in [0.717, 1.165) is 19.3 Å². The second-order valence-electron chi connectivity index (χ2n) is 4.67. The Bertz CT molecular complexity index is 353. The molecule has 0 fully saturated rings. The predicted molar refractivity (Wildman–Crippen MR) is 76.2 cm³/mol. The number of benzene rings is 1. The van der Waals surface area contributed by atoms with Gasteiger partial charge in [0.25, 0.3) is 0 Å². The molecule has 1 aromatic carbocycles. The Morgan fingerprint density at radius 2 is 1.94 bits per heavy atom. The molecule has 3 heteroatoms. The van der Waals surface area contributed by atoms with E-state index in [9.17, 15) is 0 Å². The fourth-order valence-corrected chi connectivity index (χ4v) is 2.61. The lowest BCUT2D eigenvalue weighted by Crippen LogP contribution is -2.47. The van der Waals surface area contributed by atoms with Gasteiger partial charge in [-0.2, -0.15) is 0 Å². The molecule has 0 heterocycles. The number of ether oxygens (including phenoxy) is 1. The molecule has 3 nitrogen and oxygen atoms in total. The Morgan fingerprint density at radius 3 is 2.39 bits per heavy atom. The molecule has 0 saturated carbocycles. The van der Waals surface area contributed by atoms with Crippen LogP contribution in [0, 0.1) is 0 Å². The van der Waals surface area contributed by atoms with Crippen molar-refractivity contribution >= 4 is 0 Å². The lowest BCUT2D eigenvalue weighted by Gasteiger charge is -2.38. The fourth-order valence-electron chi connectivity index (χ4n) is 2.61. The number of nitrogens with two attached hydrogens (primary N) is 1. The quantitative estimate of drug-likeness (QED) is 0.578. The zero-order valence-corrected chi connectivity index (χ0v) is 12.0. The summed E-state index contributed by atoms with van der Waals surface area (Å²) in [7, 11) is 1.76. The van der Waals surface area contributed by atoms with Gasteiger partial charge in [0.05, 0.1) is 11.6 Å². The van der Waals surface area contributed by atoms with E-state index in [0.29, 0.717) is 0 Å². The topological polar surface area (TPSA) is 47.3 Å². The van der Waals surface area contributed by atoms with Crippen LogP contribution in [0.2, 0.25) is 0 Å². The Morgan fingerprint density at radius 1 is 1.28 bits per heavy atom. The lowest BCUT2D eigenvalue weighted by molar-refractivity contribution is -0.0486. The Labute approximate surface area is 111 Å². The van der Waals surface area contributed by atoms with E-state index in [4.69, 9.17) is 10.6 Å². The number of nitrogens with one attached hydrogen (secondary N) is 1. The van der Waals surface area contributed by atoms with Crippen molar-refractivity contribution in [3.8, 4) is 0 Å². The second kappa shape index (κ2) is 6.88. The van der Waals surface area contributed by atoms with Gasteiger partial charge in [0, 0.05) is 7.11 Å². The van der Waals surface area contributed by atoms with Crippen LogP contribution >= 0.6 is 0 Å². The maximum absolute atomic E-state index is 5.78. The van der Waals surface area contributed by atoms with Crippen molar-refractivity contribution in [3.63, 3.8) is 0 Å². The molecular weight excluding hydrogens is 224 g/mol. The molecule has 1 unspecified atom stereocenters. The third-order valence-electron chi connectivity index (χ3n) is 3.99. The standard InChI is InChI=1S/C15H26N2O/c1-5-12-9-8-10-13(11-12)14(17-16)15(6-2,7-3)18-4/h8-11,14,17H,5-7,16H2,1-4H3. The minimum atomic E-state index is -0.249. The number of rotatable bonds is 7. The fraction of sp³-hybridized carbons (Fsp3) is 0.600. The first-order valence-corrected chi connectivity index (χ1v) is 6.77. The van der Waals surface area contributed by atoms with Gasteiger partial charge in [-0.15, -0.1) is 0 Å². The van der Waals surface area contributed by atoms with Crippen LogP contribution in [-0.4, -0.2) is 12.7 Å². The summed E-state index contributed by atoms with van der Waals surface area (Å²) in [6.45, 7) is 6.44. The van der Waals surface area contributed by atoms with Gasteiger partial charge in [0.1, 0.15) is 0 Å². The first kappa shape index (κ1) is 15.2. The van der Waals surface area contributed by atoms with Crippen molar-refractivity contribution in [1.82, 2.24) is 5.43 Å². The third kappa shape index (κ3) is 2.91. The Kier molecular flexibility index (Phi) is 5.79. The molecule has 1 atom stereocenters. The molecule has 0 aliphatic heterocycles. The SMILES string of the molecule is CCc1cccc(C(NN)C(CC)(CC)OC)c1. The average Bonchev–Trinajstić information content (AvgIpc) is 2.45. The number of aryl methyl sites for hydroxylation is 1. The summed E-state index contributed by atoms with van der Waals surface area (Å²) in [5, 5.41) is 0. The van der Waals surface area contributed by atoms with Gasteiger partial charge >= 0.3 is 0 Å². The molecule has 0 saturated heterocycles. The molecule has 0 aliphatic rings. The van der Waals surface area contributed by atoms with Crippen molar-refractivity contribution in [3.05, 3.63) is 35.4 Å². The van der Waals surface area contributed by atoms with Crippen LogP contribution in [0.3, 0.4) is 0 Å². The molecule has 3 N–H and O–H groups in total. The van der Waals surface area contributed by atoms with Crippen LogP contribution < -0.4 is 11.3 Å². The van der Waals surface area contributed by atoms with Crippen LogP contribution in [0.1, 0.15) is 50.8 Å².